The summed E-state index contributed by atoms with van der Waals surface area (Å²) in [5.41, 5.74) is 0. The molecular formula is C15H22IN5S. The van der Waals surface area contributed by atoms with Gasteiger partial charge >= 0.3 is 0 Å². The molecule has 0 unspecified atom stereocenters. The summed E-state index contributed by atoms with van der Waals surface area (Å²) in [7, 11) is 1.79. The fraction of sp³-hybridized carbons (Fsp3) is 0.333. The standard InChI is InChI=1S/C15H21N5S.HI/c1-16-15(17-9-12-20-11-5-8-19-20)18-10-13-21-14-6-3-2-4-7-14;/h2-8,11H,9-10,12-13H2,1H3,(H2,16,17,18);1H. The van der Waals surface area contributed by atoms with Crippen LogP contribution in [0.2, 0.25) is 0 Å². The molecule has 0 spiro atoms. The van der Waals surface area contributed by atoms with E-state index >= 15 is 0 Å². The fourth-order valence-electron chi connectivity index (χ4n) is 1.80. The van der Waals surface area contributed by atoms with Crippen LogP contribution in [0.5, 0.6) is 0 Å². The first-order chi connectivity index (χ1) is 10.4. The largest absolute Gasteiger partial charge is 0.356 e. The summed E-state index contributed by atoms with van der Waals surface area (Å²) in [6.07, 6.45) is 3.74. The molecule has 0 radical (unpaired) electrons. The van der Waals surface area contributed by atoms with Crippen LogP contribution in [0, 0.1) is 0 Å². The zero-order chi connectivity index (χ0) is 14.8. The third-order valence-corrected chi connectivity index (χ3v) is 3.84. The Balaban J connectivity index is 0.00000242. The van der Waals surface area contributed by atoms with Crippen molar-refractivity contribution in [1.29, 1.82) is 0 Å². The average Bonchev–Trinajstić information content (AvgIpc) is 3.04. The third kappa shape index (κ3) is 7.17. The molecule has 2 rings (SSSR count). The van der Waals surface area contributed by atoms with Crippen LogP contribution in [0.25, 0.3) is 0 Å². The lowest BCUT2D eigenvalue weighted by atomic mass is 10.4. The molecule has 1 aromatic heterocycles. The van der Waals surface area contributed by atoms with Gasteiger partial charge in [-0.25, -0.2) is 0 Å². The zero-order valence-electron chi connectivity index (χ0n) is 12.6. The molecule has 0 fully saturated rings. The fourth-order valence-corrected chi connectivity index (χ4v) is 2.59. The molecule has 22 heavy (non-hydrogen) atoms. The van der Waals surface area contributed by atoms with Crippen molar-refractivity contribution < 1.29 is 0 Å². The Morgan fingerprint density at radius 3 is 2.64 bits per heavy atom. The van der Waals surface area contributed by atoms with Crippen LogP contribution < -0.4 is 10.6 Å². The maximum absolute atomic E-state index is 4.21. The van der Waals surface area contributed by atoms with Crippen molar-refractivity contribution in [3.63, 3.8) is 0 Å². The summed E-state index contributed by atoms with van der Waals surface area (Å²) >= 11 is 1.84. The number of thioether (sulfide) groups is 1. The maximum atomic E-state index is 4.21. The first-order valence-electron chi connectivity index (χ1n) is 6.98. The molecule has 0 saturated heterocycles. The van der Waals surface area contributed by atoms with Crippen molar-refractivity contribution in [2.45, 2.75) is 11.4 Å². The van der Waals surface area contributed by atoms with Gasteiger partial charge in [-0.3, -0.25) is 9.67 Å². The van der Waals surface area contributed by atoms with E-state index in [-0.39, 0.29) is 24.0 Å². The van der Waals surface area contributed by atoms with Gasteiger partial charge < -0.3 is 10.6 Å². The van der Waals surface area contributed by atoms with Crippen molar-refractivity contribution in [2.24, 2.45) is 4.99 Å². The van der Waals surface area contributed by atoms with Crippen molar-refractivity contribution >= 4 is 41.7 Å². The summed E-state index contributed by atoms with van der Waals surface area (Å²) in [6, 6.07) is 12.3. The number of benzene rings is 1. The average molecular weight is 431 g/mol. The maximum Gasteiger partial charge on any atom is 0.191 e. The van der Waals surface area contributed by atoms with Gasteiger partial charge in [0, 0.05) is 43.2 Å². The lowest BCUT2D eigenvalue weighted by Crippen LogP contribution is -2.39. The highest BCUT2D eigenvalue weighted by Crippen LogP contribution is 2.15. The minimum Gasteiger partial charge on any atom is -0.356 e. The summed E-state index contributed by atoms with van der Waals surface area (Å²) in [5.74, 6) is 1.83. The summed E-state index contributed by atoms with van der Waals surface area (Å²) in [4.78, 5) is 5.50. The normalized spacial score (nSPS) is 10.9. The molecule has 0 aliphatic carbocycles. The number of hydrogen-bond donors (Lipinski definition) is 2. The number of rotatable bonds is 7. The van der Waals surface area contributed by atoms with E-state index in [0.717, 1.165) is 31.3 Å². The molecule has 1 aromatic carbocycles. The van der Waals surface area contributed by atoms with E-state index in [1.165, 1.54) is 4.90 Å². The molecule has 7 heteroatoms. The predicted molar refractivity (Wildman–Crippen MR) is 104 cm³/mol. The third-order valence-electron chi connectivity index (χ3n) is 2.82. The highest BCUT2D eigenvalue weighted by Gasteiger charge is 1.98. The van der Waals surface area contributed by atoms with Crippen LogP contribution in [0.4, 0.5) is 0 Å². The zero-order valence-corrected chi connectivity index (χ0v) is 15.8. The van der Waals surface area contributed by atoms with Crippen LogP contribution in [-0.4, -0.2) is 41.6 Å². The second-order valence-electron chi connectivity index (χ2n) is 4.36. The quantitative estimate of drug-likeness (QED) is 0.233. The summed E-state index contributed by atoms with van der Waals surface area (Å²) in [6.45, 7) is 2.50. The van der Waals surface area contributed by atoms with Gasteiger partial charge in [-0.15, -0.1) is 35.7 Å². The Bertz CT molecular complexity index is 530. The number of aromatic nitrogens is 2. The number of guanidine groups is 1. The van der Waals surface area contributed by atoms with E-state index in [1.54, 1.807) is 13.2 Å². The smallest absolute Gasteiger partial charge is 0.191 e. The predicted octanol–water partition coefficient (Wildman–Crippen LogP) is 2.46. The second-order valence-corrected chi connectivity index (χ2v) is 5.52. The lowest BCUT2D eigenvalue weighted by Gasteiger charge is -2.11. The van der Waals surface area contributed by atoms with Crippen LogP contribution in [0.1, 0.15) is 0 Å². The Morgan fingerprint density at radius 1 is 1.18 bits per heavy atom. The van der Waals surface area contributed by atoms with Crippen LogP contribution in [0.3, 0.4) is 0 Å². The van der Waals surface area contributed by atoms with E-state index in [2.05, 4.69) is 45.0 Å². The summed E-state index contributed by atoms with van der Waals surface area (Å²) < 4.78 is 1.89. The highest BCUT2D eigenvalue weighted by molar-refractivity contribution is 14.0. The molecule has 5 nitrogen and oxygen atoms in total. The molecule has 0 amide bonds. The minimum atomic E-state index is 0. The van der Waals surface area contributed by atoms with Gasteiger partial charge in [-0.1, -0.05) is 18.2 Å². The van der Waals surface area contributed by atoms with Gasteiger partial charge in [0.15, 0.2) is 5.96 Å². The molecular weight excluding hydrogens is 409 g/mol. The number of aliphatic imine (C=N–C) groups is 1. The minimum absolute atomic E-state index is 0. The van der Waals surface area contributed by atoms with Gasteiger partial charge in [0.05, 0.1) is 6.54 Å². The second kappa shape index (κ2) is 11.4. The van der Waals surface area contributed by atoms with Gasteiger partial charge in [-0.05, 0) is 18.2 Å². The van der Waals surface area contributed by atoms with E-state index in [4.69, 9.17) is 0 Å². The molecule has 1 heterocycles. The molecule has 120 valence electrons. The van der Waals surface area contributed by atoms with Gasteiger partial charge in [0.2, 0.25) is 0 Å². The topological polar surface area (TPSA) is 54.2 Å². The van der Waals surface area contributed by atoms with E-state index in [1.807, 2.05) is 34.8 Å². The van der Waals surface area contributed by atoms with Crippen LogP contribution in [0.15, 0.2) is 58.7 Å². The first-order valence-corrected chi connectivity index (χ1v) is 7.97. The first kappa shape index (κ1) is 18.8. The van der Waals surface area contributed by atoms with Crippen molar-refractivity contribution in [3.8, 4) is 0 Å². The molecule has 2 aromatic rings. The van der Waals surface area contributed by atoms with Gasteiger partial charge in [0.1, 0.15) is 0 Å². The number of halogens is 1. The number of nitrogens with zero attached hydrogens (tertiary/aromatic N) is 3. The number of nitrogens with one attached hydrogen (secondary N) is 2. The molecule has 0 aliphatic heterocycles. The SMILES string of the molecule is CN=C(NCCSc1ccccc1)NCCn1cccn1.I. The molecule has 0 saturated carbocycles. The van der Waals surface area contributed by atoms with Crippen molar-refractivity contribution in [1.82, 2.24) is 20.4 Å². The molecule has 0 bridgehead atoms. The Hall–Kier alpha value is -1.22. The molecule has 2 N–H and O–H groups in total. The molecule has 0 atom stereocenters. The van der Waals surface area contributed by atoms with Gasteiger partial charge in [0.25, 0.3) is 0 Å². The Labute approximate surface area is 153 Å². The monoisotopic (exact) mass is 431 g/mol. The molecule has 0 aliphatic rings. The van der Waals surface area contributed by atoms with Crippen molar-refractivity contribution in [3.05, 3.63) is 48.8 Å². The Kier molecular flexibility index (Phi) is 9.72. The lowest BCUT2D eigenvalue weighted by molar-refractivity contribution is 0.598. The van der Waals surface area contributed by atoms with Crippen LogP contribution >= 0.6 is 35.7 Å². The van der Waals surface area contributed by atoms with Crippen LogP contribution in [-0.2, 0) is 6.54 Å². The van der Waals surface area contributed by atoms with Gasteiger partial charge in [-0.2, -0.15) is 5.10 Å². The number of hydrogen-bond acceptors (Lipinski definition) is 3. The van der Waals surface area contributed by atoms with E-state index in [0.29, 0.717) is 0 Å². The van der Waals surface area contributed by atoms with Crippen molar-refractivity contribution in [2.75, 3.05) is 25.9 Å². The highest BCUT2D eigenvalue weighted by atomic mass is 127. The van der Waals surface area contributed by atoms with E-state index < -0.39 is 0 Å². The Morgan fingerprint density at radius 2 is 1.95 bits per heavy atom. The summed E-state index contributed by atoms with van der Waals surface area (Å²) in [5, 5.41) is 10.7. The van der Waals surface area contributed by atoms with E-state index in [9.17, 15) is 0 Å².